The van der Waals surface area contributed by atoms with Crippen molar-refractivity contribution < 1.29 is 0 Å². The van der Waals surface area contributed by atoms with Gasteiger partial charge in [-0.1, -0.05) is 24.6 Å². The maximum atomic E-state index is 6.35. The fourth-order valence-electron chi connectivity index (χ4n) is 2.13. The number of benzene rings is 1. The van der Waals surface area contributed by atoms with E-state index in [2.05, 4.69) is 24.0 Å². The van der Waals surface area contributed by atoms with Crippen molar-refractivity contribution in [2.24, 2.45) is 11.7 Å². The summed E-state index contributed by atoms with van der Waals surface area (Å²) in [5, 5.41) is 0.835. The molecule has 0 aromatic heterocycles. The van der Waals surface area contributed by atoms with E-state index >= 15 is 0 Å². The number of nitrogens with zero attached hydrogens (tertiary/aromatic N) is 1. The van der Waals surface area contributed by atoms with Crippen molar-refractivity contribution in [2.45, 2.75) is 32.7 Å². The van der Waals surface area contributed by atoms with E-state index in [1.807, 2.05) is 6.07 Å². The van der Waals surface area contributed by atoms with Gasteiger partial charge in [-0.25, -0.2) is 0 Å². The predicted octanol–water partition coefficient (Wildman–Crippen LogP) is 3.43. The maximum Gasteiger partial charge on any atom is 0.0642 e. The number of nitrogens with two attached hydrogens (primary N) is 1. The van der Waals surface area contributed by atoms with Crippen molar-refractivity contribution in [3.63, 3.8) is 0 Å². The van der Waals surface area contributed by atoms with Crippen molar-refractivity contribution in [3.8, 4) is 0 Å². The van der Waals surface area contributed by atoms with E-state index in [9.17, 15) is 0 Å². The van der Waals surface area contributed by atoms with Gasteiger partial charge in [-0.3, -0.25) is 0 Å². The van der Waals surface area contributed by atoms with Gasteiger partial charge in [-0.15, -0.1) is 0 Å². The summed E-state index contributed by atoms with van der Waals surface area (Å²) >= 11 is 6.35. The molecule has 0 unspecified atom stereocenters. The summed E-state index contributed by atoms with van der Waals surface area (Å²) in [6, 6.07) is 6.19. The number of anilines is 1. The van der Waals surface area contributed by atoms with Crippen molar-refractivity contribution in [1.82, 2.24) is 0 Å². The molecule has 0 aliphatic heterocycles. The van der Waals surface area contributed by atoms with Gasteiger partial charge in [0.2, 0.25) is 0 Å². The van der Waals surface area contributed by atoms with Gasteiger partial charge >= 0.3 is 0 Å². The lowest BCUT2D eigenvalue weighted by Crippen LogP contribution is -2.26. The van der Waals surface area contributed by atoms with Crippen LogP contribution in [0.4, 0.5) is 5.69 Å². The fraction of sp³-hybridized carbons (Fsp3) is 0.571. The smallest absolute Gasteiger partial charge is 0.0642 e. The molecule has 0 radical (unpaired) electrons. The summed E-state index contributed by atoms with van der Waals surface area (Å²) in [6.07, 6.45) is 3.90. The van der Waals surface area contributed by atoms with Crippen LogP contribution in [0.25, 0.3) is 0 Å². The molecule has 1 aliphatic carbocycles. The summed E-state index contributed by atoms with van der Waals surface area (Å²) in [7, 11) is 0. The van der Waals surface area contributed by atoms with Gasteiger partial charge in [-0.2, -0.15) is 0 Å². The molecule has 0 spiro atoms. The Morgan fingerprint density at radius 3 is 2.71 bits per heavy atom. The second kappa shape index (κ2) is 5.74. The van der Waals surface area contributed by atoms with Gasteiger partial charge in [0.1, 0.15) is 0 Å². The largest absolute Gasteiger partial charge is 0.370 e. The van der Waals surface area contributed by atoms with Crippen LogP contribution >= 0.6 is 11.6 Å². The van der Waals surface area contributed by atoms with Crippen LogP contribution < -0.4 is 10.6 Å². The molecule has 2 N–H and O–H groups in total. The Kier molecular flexibility index (Phi) is 4.30. The van der Waals surface area contributed by atoms with Crippen LogP contribution in [0, 0.1) is 5.92 Å². The third-order valence-corrected chi connectivity index (χ3v) is 3.56. The summed E-state index contributed by atoms with van der Waals surface area (Å²) in [4.78, 5) is 2.42. The molecule has 0 amide bonds. The molecular weight excluding hydrogens is 232 g/mol. The lowest BCUT2D eigenvalue weighted by Gasteiger charge is -2.25. The number of hydrogen-bond donors (Lipinski definition) is 1. The first-order valence-corrected chi connectivity index (χ1v) is 6.85. The Balaban J connectivity index is 2.15. The zero-order chi connectivity index (χ0) is 12.3. The Morgan fingerprint density at radius 2 is 2.18 bits per heavy atom. The fourth-order valence-corrected chi connectivity index (χ4v) is 2.45. The van der Waals surface area contributed by atoms with E-state index in [0.29, 0.717) is 6.54 Å². The Morgan fingerprint density at radius 1 is 1.41 bits per heavy atom. The summed E-state index contributed by atoms with van der Waals surface area (Å²) in [6.45, 7) is 4.99. The molecule has 1 fully saturated rings. The van der Waals surface area contributed by atoms with Crippen molar-refractivity contribution in [1.29, 1.82) is 0 Å². The number of halogens is 1. The molecule has 3 heteroatoms. The minimum Gasteiger partial charge on any atom is -0.370 e. The molecule has 0 bridgehead atoms. The lowest BCUT2D eigenvalue weighted by atomic mass is 10.2. The van der Waals surface area contributed by atoms with Crippen LogP contribution in [0.15, 0.2) is 18.2 Å². The van der Waals surface area contributed by atoms with Gasteiger partial charge in [0.15, 0.2) is 0 Å². The highest BCUT2D eigenvalue weighted by molar-refractivity contribution is 6.33. The SMILES string of the molecule is CCCN(CC1CC1)c1ccc(CN)cc1Cl. The van der Waals surface area contributed by atoms with E-state index in [-0.39, 0.29) is 0 Å². The molecule has 1 aromatic carbocycles. The van der Waals surface area contributed by atoms with E-state index in [0.717, 1.165) is 41.7 Å². The highest BCUT2D eigenvalue weighted by atomic mass is 35.5. The molecular formula is C14H21ClN2. The van der Waals surface area contributed by atoms with Crippen LogP contribution in [-0.2, 0) is 6.54 Å². The van der Waals surface area contributed by atoms with E-state index in [1.54, 1.807) is 0 Å². The first-order valence-electron chi connectivity index (χ1n) is 6.48. The molecule has 2 rings (SSSR count). The molecule has 1 aliphatic rings. The monoisotopic (exact) mass is 252 g/mol. The van der Waals surface area contributed by atoms with Gasteiger partial charge in [-0.05, 0) is 42.9 Å². The van der Waals surface area contributed by atoms with Crippen molar-refractivity contribution >= 4 is 17.3 Å². The lowest BCUT2D eigenvalue weighted by molar-refractivity contribution is 0.708. The van der Waals surface area contributed by atoms with Crippen molar-refractivity contribution in [3.05, 3.63) is 28.8 Å². The number of hydrogen-bond acceptors (Lipinski definition) is 2. The summed E-state index contributed by atoms with van der Waals surface area (Å²) < 4.78 is 0. The number of rotatable bonds is 6. The zero-order valence-electron chi connectivity index (χ0n) is 10.5. The molecule has 17 heavy (non-hydrogen) atoms. The first-order chi connectivity index (χ1) is 8.24. The quantitative estimate of drug-likeness (QED) is 0.841. The van der Waals surface area contributed by atoms with Crippen molar-refractivity contribution in [2.75, 3.05) is 18.0 Å². The van der Waals surface area contributed by atoms with E-state index in [4.69, 9.17) is 17.3 Å². The first kappa shape index (κ1) is 12.7. The van der Waals surface area contributed by atoms with Gasteiger partial charge in [0.25, 0.3) is 0 Å². The van der Waals surface area contributed by atoms with Crippen LogP contribution in [0.5, 0.6) is 0 Å². The standard InChI is InChI=1S/C14H21ClN2/c1-2-7-17(10-11-3-4-11)14-6-5-12(9-16)8-13(14)15/h5-6,8,11H,2-4,7,9-10,16H2,1H3. The average Bonchev–Trinajstić information content (AvgIpc) is 3.12. The Hall–Kier alpha value is -0.730. The average molecular weight is 253 g/mol. The van der Waals surface area contributed by atoms with Crippen LogP contribution in [-0.4, -0.2) is 13.1 Å². The minimum absolute atomic E-state index is 0.552. The molecule has 1 aromatic rings. The summed E-state index contributed by atoms with van der Waals surface area (Å²) in [5.74, 6) is 0.881. The third kappa shape index (κ3) is 3.36. The second-order valence-corrected chi connectivity index (χ2v) is 5.29. The molecule has 0 heterocycles. The zero-order valence-corrected chi connectivity index (χ0v) is 11.2. The molecule has 94 valence electrons. The van der Waals surface area contributed by atoms with Crippen LogP contribution in [0.2, 0.25) is 5.02 Å². The molecule has 1 saturated carbocycles. The predicted molar refractivity (Wildman–Crippen MR) is 74.6 cm³/mol. The highest BCUT2D eigenvalue weighted by Gasteiger charge is 2.24. The molecule has 0 atom stereocenters. The Bertz CT molecular complexity index is 374. The van der Waals surface area contributed by atoms with Crippen LogP contribution in [0.3, 0.4) is 0 Å². The highest BCUT2D eigenvalue weighted by Crippen LogP contribution is 2.34. The molecule has 0 saturated heterocycles. The normalized spacial score (nSPS) is 15.0. The minimum atomic E-state index is 0.552. The third-order valence-electron chi connectivity index (χ3n) is 3.26. The second-order valence-electron chi connectivity index (χ2n) is 4.88. The Labute approximate surface area is 109 Å². The summed E-state index contributed by atoms with van der Waals surface area (Å²) in [5.41, 5.74) is 7.89. The van der Waals surface area contributed by atoms with Gasteiger partial charge in [0.05, 0.1) is 10.7 Å². The molecule has 2 nitrogen and oxygen atoms in total. The topological polar surface area (TPSA) is 29.3 Å². The van der Waals surface area contributed by atoms with E-state index < -0.39 is 0 Å². The van der Waals surface area contributed by atoms with Crippen LogP contribution in [0.1, 0.15) is 31.7 Å². The van der Waals surface area contributed by atoms with Gasteiger partial charge < -0.3 is 10.6 Å². The van der Waals surface area contributed by atoms with E-state index in [1.165, 1.54) is 12.8 Å². The van der Waals surface area contributed by atoms with Gasteiger partial charge in [0, 0.05) is 19.6 Å². The maximum absolute atomic E-state index is 6.35.